The number of aliphatic carboxylic acids is 1. The maximum atomic E-state index is 14.5. The Morgan fingerprint density at radius 1 is 0.817 bits per heavy atom. The zero-order valence-corrected chi connectivity index (χ0v) is 45.2. The highest BCUT2D eigenvalue weighted by Crippen LogP contribution is 2.31. The van der Waals surface area contributed by atoms with Gasteiger partial charge in [0.05, 0.1) is 53.8 Å². The Hall–Kier alpha value is -4.37. The molecule has 9 unspecified atom stereocenters. The molecule has 4 rings (SSSR count). The topological polar surface area (TPSA) is 234 Å². The number of rotatable bonds is 28. The fourth-order valence-electron chi connectivity index (χ4n) is 10.3. The van der Waals surface area contributed by atoms with Gasteiger partial charge in [-0.25, -0.2) is 8.42 Å². The normalized spacial score (nSPS) is 20.4. The van der Waals surface area contributed by atoms with Gasteiger partial charge in [0.25, 0.3) is 5.91 Å². The first kappa shape index (κ1) is 59.2. The summed E-state index contributed by atoms with van der Waals surface area (Å²) in [6.07, 6.45) is 2.32. The molecule has 0 spiro atoms. The summed E-state index contributed by atoms with van der Waals surface area (Å²) in [6.45, 7) is 16.2. The summed E-state index contributed by atoms with van der Waals surface area (Å²) in [5.41, 5.74) is 0.644. The van der Waals surface area contributed by atoms with Crippen LogP contribution in [-0.2, 0) is 54.7 Å². The molecule has 71 heavy (non-hydrogen) atoms. The van der Waals surface area contributed by atoms with Crippen molar-refractivity contribution >= 4 is 45.5 Å². The van der Waals surface area contributed by atoms with E-state index in [1.807, 2.05) is 60.5 Å². The van der Waals surface area contributed by atoms with Crippen molar-refractivity contribution in [1.29, 1.82) is 0 Å². The summed E-state index contributed by atoms with van der Waals surface area (Å²) in [5.74, 6) is -3.88. The number of carboxylic acids is 1. The molecule has 1 saturated carbocycles. The lowest BCUT2D eigenvalue weighted by molar-refractivity contribution is -0.148. The minimum absolute atomic E-state index is 0.00518. The van der Waals surface area contributed by atoms with Crippen molar-refractivity contribution in [1.82, 2.24) is 35.0 Å². The van der Waals surface area contributed by atoms with Crippen LogP contribution in [0.2, 0.25) is 0 Å². The van der Waals surface area contributed by atoms with Crippen LogP contribution >= 0.6 is 0 Å². The molecule has 1 aromatic carbocycles. The molecule has 1 aliphatic carbocycles. The molecule has 20 heteroatoms. The number of sulfonamides is 1. The minimum atomic E-state index is -3.95. The van der Waals surface area contributed by atoms with Gasteiger partial charge < -0.3 is 39.8 Å². The van der Waals surface area contributed by atoms with Gasteiger partial charge in [0.15, 0.2) is 0 Å². The van der Waals surface area contributed by atoms with E-state index in [1.54, 1.807) is 48.0 Å². The lowest BCUT2D eigenvalue weighted by atomic mass is 9.89. The zero-order valence-electron chi connectivity index (χ0n) is 44.3. The summed E-state index contributed by atoms with van der Waals surface area (Å²) in [4.78, 5) is 89.0. The number of likely N-dealkylation sites (N-methyl/N-ethyl adjacent to an activating group) is 2. The number of piperidine rings is 1. The number of hydrogen-bond donors (Lipinski definition) is 4. The summed E-state index contributed by atoms with van der Waals surface area (Å²) >= 11 is 0. The van der Waals surface area contributed by atoms with E-state index in [2.05, 4.69) is 20.3 Å². The number of carboxylic acid groups (broad SMARTS) is 1. The van der Waals surface area contributed by atoms with Gasteiger partial charge in [0, 0.05) is 40.8 Å². The van der Waals surface area contributed by atoms with E-state index < -0.39 is 81.4 Å². The van der Waals surface area contributed by atoms with Gasteiger partial charge in [0.2, 0.25) is 33.7 Å². The molecule has 4 N–H and O–H groups in total. The van der Waals surface area contributed by atoms with Crippen molar-refractivity contribution in [2.24, 2.45) is 29.6 Å². The highest BCUT2D eigenvalue weighted by Gasteiger charge is 2.44. The van der Waals surface area contributed by atoms with Crippen LogP contribution in [0, 0.1) is 29.6 Å². The van der Waals surface area contributed by atoms with Crippen molar-refractivity contribution in [3.05, 3.63) is 29.8 Å². The Morgan fingerprint density at radius 3 is 1.97 bits per heavy atom. The average molecular weight is 1020 g/mol. The van der Waals surface area contributed by atoms with Crippen LogP contribution in [0.4, 0.5) is 0 Å². The van der Waals surface area contributed by atoms with Crippen molar-refractivity contribution in [2.45, 2.75) is 154 Å². The molecular formula is C51H85N7O12S. The van der Waals surface area contributed by atoms with Crippen LogP contribution in [0.15, 0.2) is 24.3 Å². The van der Waals surface area contributed by atoms with Gasteiger partial charge in [-0.3, -0.25) is 43.3 Å². The summed E-state index contributed by atoms with van der Waals surface area (Å²) < 4.78 is 46.1. The number of benzene rings is 1. The monoisotopic (exact) mass is 1020 g/mol. The van der Waals surface area contributed by atoms with E-state index >= 15 is 0 Å². The second-order valence-electron chi connectivity index (χ2n) is 20.9. The molecule has 5 amide bonds. The largest absolute Gasteiger partial charge is 0.492 e. The molecule has 2 heterocycles. The molecule has 3 aliphatic rings. The van der Waals surface area contributed by atoms with Crippen molar-refractivity contribution < 1.29 is 56.5 Å². The smallest absolute Gasteiger partial charge is 0.306 e. The van der Waals surface area contributed by atoms with Crippen molar-refractivity contribution in [3.8, 4) is 5.75 Å². The van der Waals surface area contributed by atoms with Crippen LogP contribution < -0.4 is 20.1 Å². The van der Waals surface area contributed by atoms with Crippen molar-refractivity contribution in [2.75, 3.05) is 68.1 Å². The Bertz CT molecular complexity index is 2040. The number of ether oxygens (including phenoxy) is 3. The highest BCUT2D eigenvalue weighted by molar-refractivity contribution is 7.90. The fourth-order valence-corrected chi connectivity index (χ4v) is 11.6. The minimum Gasteiger partial charge on any atom is -0.492 e. The fraction of sp³-hybridized carbons (Fsp3) is 0.765. The SMILES string of the molecule is CCC(C)C(C(CC(=O)N1CCCC1C(OC)C(C)C(=O)NC(Cc1ccc(OCCN2CCC(C(=O)O)CC2)cc1)C(=O)NS(=O)(=O)C1CC1)OC)N(C)C(=O)C(NC(=O)C(C(C)C)N(C)C)C(C)C. The van der Waals surface area contributed by atoms with Crippen LogP contribution in [-0.4, -0.2) is 184 Å². The standard InChI is InChI=1S/C51H85N7O12S/c1-13-33(6)45(56(10)50(63)43(31(2)3)53-49(62)44(32(4)5)55(8)9)41(68-11)30-42(59)58-24-14-15-40(58)46(69-12)34(7)47(60)52-39(48(61)54-71(66,67)38-20-21-38)29-35-16-18-37(19-17-35)70-28-27-57-25-22-36(23-26-57)51(64)65/h16-19,31-34,36,38-41,43-46H,13-15,20-30H2,1-12H3,(H,52,60)(H,53,62)(H,54,61)(H,64,65). The van der Waals surface area contributed by atoms with E-state index in [4.69, 9.17) is 14.2 Å². The summed E-state index contributed by atoms with van der Waals surface area (Å²) in [6, 6.07) is 3.40. The number of nitrogens with one attached hydrogen (secondary N) is 3. The molecule has 9 atom stereocenters. The lowest BCUT2D eigenvalue weighted by Crippen LogP contribution is -2.59. The molecule has 3 fully saturated rings. The molecule has 402 valence electrons. The first-order chi connectivity index (χ1) is 33.4. The number of methoxy groups -OCH3 is 2. The average Bonchev–Trinajstić information content (AvgIpc) is 4.08. The maximum Gasteiger partial charge on any atom is 0.306 e. The summed E-state index contributed by atoms with van der Waals surface area (Å²) in [5, 5.41) is 14.5. The molecule has 1 aromatic rings. The zero-order chi connectivity index (χ0) is 52.9. The van der Waals surface area contributed by atoms with E-state index in [9.17, 15) is 42.3 Å². The van der Waals surface area contributed by atoms with Gasteiger partial charge in [-0.2, -0.15) is 0 Å². The van der Waals surface area contributed by atoms with Crippen LogP contribution in [0.5, 0.6) is 5.75 Å². The van der Waals surface area contributed by atoms with Gasteiger partial charge >= 0.3 is 5.97 Å². The molecule has 19 nitrogen and oxygen atoms in total. The number of amides is 5. The third-order valence-corrected chi connectivity index (χ3v) is 16.6. The quantitative estimate of drug-likeness (QED) is 0.0945. The number of likely N-dealkylation sites (tertiary alicyclic amines) is 2. The number of carbonyl (C=O) groups is 6. The number of hydrogen-bond acceptors (Lipinski definition) is 13. The molecular weight excluding hydrogens is 935 g/mol. The molecule has 2 saturated heterocycles. The van der Waals surface area contributed by atoms with E-state index in [1.165, 1.54) is 14.2 Å². The van der Waals surface area contributed by atoms with Gasteiger partial charge in [0.1, 0.15) is 24.4 Å². The van der Waals surface area contributed by atoms with Gasteiger partial charge in [-0.15, -0.1) is 0 Å². The molecule has 0 bridgehead atoms. The molecule has 2 aliphatic heterocycles. The maximum absolute atomic E-state index is 14.5. The number of carbonyl (C=O) groups excluding carboxylic acids is 5. The Labute approximate surface area is 422 Å². The Morgan fingerprint density at radius 2 is 1.45 bits per heavy atom. The van der Waals surface area contributed by atoms with Crippen LogP contribution in [0.3, 0.4) is 0 Å². The first-order valence-electron chi connectivity index (χ1n) is 25.6. The van der Waals surface area contributed by atoms with E-state index in [0.717, 1.165) is 0 Å². The molecule has 0 radical (unpaired) electrons. The van der Waals surface area contributed by atoms with Crippen molar-refractivity contribution in [3.63, 3.8) is 0 Å². The van der Waals surface area contributed by atoms with Gasteiger partial charge in [-0.05, 0) is 101 Å². The Balaban J connectivity index is 1.46. The second kappa shape index (κ2) is 27.1. The summed E-state index contributed by atoms with van der Waals surface area (Å²) in [7, 11) is 4.41. The lowest BCUT2D eigenvalue weighted by Gasteiger charge is -2.41. The van der Waals surface area contributed by atoms with Gasteiger partial charge in [-0.1, -0.05) is 67.0 Å². The van der Waals surface area contributed by atoms with E-state index in [0.29, 0.717) is 89.0 Å². The predicted molar refractivity (Wildman–Crippen MR) is 270 cm³/mol. The Kier molecular flexibility index (Phi) is 22.6. The van der Waals surface area contributed by atoms with E-state index in [-0.39, 0.29) is 54.2 Å². The third kappa shape index (κ3) is 16.3. The second-order valence-corrected chi connectivity index (χ2v) is 22.9. The van der Waals surface area contributed by atoms with Crippen LogP contribution in [0.25, 0.3) is 0 Å². The molecule has 0 aromatic heterocycles. The highest BCUT2D eigenvalue weighted by atomic mass is 32.2. The van der Waals surface area contributed by atoms with Crippen LogP contribution in [0.1, 0.15) is 105 Å². The first-order valence-corrected chi connectivity index (χ1v) is 27.1. The third-order valence-electron chi connectivity index (χ3n) is 14.8. The number of nitrogens with zero attached hydrogens (tertiary/aromatic N) is 4. The predicted octanol–water partition coefficient (Wildman–Crippen LogP) is 3.15.